The van der Waals surface area contributed by atoms with Crippen molar-refractivity contribution in [1.82, 2.24) is 10.6 Å². The first-order chi connectivity index (χ1) is 17.3. The number of rotatable bonds is 16. The highest BCUT2D eigenvalue weighted by Gasteiger charge is 2.28. The van der Waals surface area contributed by atoms with Crippen LogP contribution in [-0.2, 0) is 4.79 Å². The molecule has 0 aliphatic heterocycles. The van der Waals surface area contributed by atoms with Gasteiger partial charge in [0.1, 0.15) is 11.8 Å². The quantitative estimate of drug-likeness (QED) is 0.211. The summed E-state index contributed by atoms with van der Waals surface area (Å²) < 4.78 is 0. The molecule has 0 saturated carbocycles. The first-order valence-corrected chi connectivity index (χ1v) is 13.0. The van der Waals surface area contributed by atoms with Crippen LogP contribution in [0.3, 0.4) is 0 Å². The molecule has 0 aliphatic rings. The minimum Gasteiger partial charge on any atom is -0.508 e. The molecule has 0 bridgehead atoms. The molecule has 5 N–H and O–H groups in total. The van der Waals surface area contributed by atoms with Crippen molar-refractivity contribution in [2.24, 2.45) is 0 Å². The highest BCUT2D eigenvalue weighted by molar-refractivity contribution is 6.14. The van der Waals surface area contributed by atoms with Crippen molar-refractivity contribution in [2.75, 3.05) is 6.54 Å². The number of carboxylic acids is 1. The second-order valence-electron chi connectivity index (χ2n) is 9.36. The van der Waals surface area contributed by atoms with Crippen LogP contribution >= 0.6 is 0 Å². The number of aromatic hydroxyl groups is 1. The monoisotopic (exact) mass is 500 g/mol. The van der Waals surface area contributed by atoms with Gasteiger partial charge >= 0.3 is 5.97 Å². The van der Waals surface area contributed by atoms with E-state index >= 15 is 0 Å². The van der Waals surface area contributed by atoms with Gasteiger partial charge < -0.3 is 26.0 Å². The number of carbonyl (C=O) groups excluding carboxylic acids is 2. The second-order valence-corrected chi connectivity index (χ2v) is 9.36. The van der Waals surface area contributed by atoms with Gasteiger partial charge in [-0.2, -0.15) is 0 Å². The molecular formula is C28H40N2O6. The van der Waals surface area contributed by atoms with Gasteiger partial charge in [0, 0.05) is 6.54 Å². The summed E-state index contributed by atoms with van der Waals surface area (Å²) in [6, 6.07) is 5.81. The van der Waals surface area contributed by atoms with Crippen LogP contribution in [0, 0.1) is 0 Å². The van der Waals surface area contributed by atoms with Gasteiger partial charge in [-0.3, -0.25) is 9.59 Å². The number of aliphatic hydroxyl groups excluding tert-OH is 1. The molecule has 198 valence electrons. The molecule has 36 heavy (non-hydrogen) atoms. The molecule has 0 aromatic heterocycles. The largest absolute Gasteiger partial charge is 0.508 e. The molecule has 2 rings (SSSR count). The molecule has 2 aromatic rings. The predicted molar refractivity (Wildman–Crippen MR) is 140 cm³/mol. The second kappa shape index (κ2) is 15.1. The van der Waals surface area contributed by atoms with Crippen molar-refractivity contribution in [1.29, 1.82) is 0 Å². The van der Waals surface area contributed by atoms with Crippen molar-refractivity contribution in [3.05, 3.63) is 41.5 Å². The summed E-state index contributed by atoms with van der Waals surface area (Å²) in [5, 5.41) is 35.5. The third-order valence-electron chi connectivity index (χ3n) is 6.34. The number of aliphatic hydroxyl groups is 1. The van der Waals surface area contributed by atoms with Crippen LogP contribution < -0.4 is 10.6 Å². The molecule has 8 heteroatoms. The molecule has 2 aromatic carbocycles. The number of unbranched alkanes of at least 4 members (excludes halogenated alkanes) is 9. The third-order valence-corrected chi connectivity index (χ3v) is 6.34. The highest BCUT2D eigenvalue weighted by atomic mass is 16.4. The third kappa shape index (κ3) is 8.82. The molecule has 0 unspecified atom stereocenters. The average molecular weight is 501 g/mol. The lowest BCUT2D eigenvalue weighted by Gasteiger charge is -2.21. The van der Waals surface area contributed by atoms with Gasteiger partial charge in [0.25, 0.3) is 5.91 Å². The smallest absolute Gasteiger partial charge is 0.337 e. The van der Waals surface area contributed by atoms with Crippen molar-refractivity contribution in [2.45, 2.75) is 90.2 Å². The summed E-state index contributed by atoms with van der Waals surface area (Å²) in [6.45, 7) is 4.05. The van der Waals surface area contributed by atoms with Crippen LogP contribution in [0.25, 0.3) is 10.8 Å². The van der Waals surface area contributed by atoms with E-state index in [1.165, 1.54) is 82.2 Å². The standard InChI is InChI=1S/C28H40N2O6/c1-3-4-5-6-7-8-9-10-11-12-17-29-27(34)25(19(2)31)30-26(33)23-15-13-20-18-21(32)14-16-22(20)24(23)28(35)36/h13-16,18-19,25,31-32H,3-12,17H2,1-2H3,(H,29,34)(H,30,33)(H,35,36)/t19-,25+/m1/s1. The summed E-state index contributed by atoms with van der Waals surface area (Å²) >= 11 is 0. The topological polar surface area (TPSA) is 136 Å². The first kappa shape index (κ1) is 29.1. The number of nitrogens with one attached hydrogen (secondary N) is 2. The Bertz CT molecular complexity index is 1020. The molecule has 8 nitrogen and oxygen atoms in total. The average Bonchev–Trinajstić information content (AvgIpc) is 2.84. The molecule has 2 amide bonds. The Morgan fingerprint density at radius 1 is 0.889 bits per heavy atom. The van der Waals surface area contributed by atoms with Crippen LogP contribution in [0.15, 0.2) is 30.3 Å². The number of fused-ring (bicyclic) bond motifs is 1. The van der Waals surface area contributed by atoms with Gasteiger partial charge in [-0.1, -0.05) is 70.8 Å². The SMILES string of the molecule is CCCCCCCCCCCCNC(=O)[C@@H](NC(=O)c1ccc2cc(O)ccc2c1C(=O)O)[C@@H](C)O. The number of hydrogen-bond donors (Lipinski definition) is 5. The van der Waals surface area contributed by atoms with Crippen LogP contribution in [0.5, 0.6) is 5.75 Å². The predicted octanol–water partition coefficient (Wildman–Crippen LogP) is 4.76. The Morgan fingerprint density at radius 2 is 1.50 bits per heavy atom. The zero-order valence-electron chi connectivity index (χ0n) is 21.4. The Labute approximate surface area is 213 Å². The Kier molecular flexibility index (Phi) is 12.2. The fourth-order valence-corrected chi connectivity index (χ4v) is 4.30. The molecular weight excluding hydrogens is 460 g/mol. The highest BCUT2D eigenvalue weighted by Crippen LogP contribution is 2.26. The molecule has 0 fully saturated rings. The van der Waals surface area contributed by atoms with E-state index in [-0.39, 0.29) is 22.3 Å². The number of benzene rings is 2. The summed E-state index contributed by atoms with van der Waals surface area (Å²) in [5.41, 5.74) is -0.367. The van der Waals surface area contributed by atoms with E-state index in [0.717, 1.165) is 19.3 Å². The zero-order valence-corrected chi connectivity index (χ0v) is 21.4. The first-order valence-electron chi connectivity index (χ1n) is 13.0. The number of aromatic carboxylic acids is 1. The van der Waals surface area contributed by atoms with E-state index in [1.54, 1.807) is 0 Å². The Morgan fingerprint density at radius 3 is 2.08 bits per heavy atom. The number of carbonyl (C=O) groups is 3. The van der Waals surface area contributed by atoms with E-state index in [1.807, 2.05) is 0 Å². The van der Waals surface area contributed by atoms with E-state index in [0.29, 0.717) is 11.9 Å². The molecule has 0 aliphatic carbocycles. The Balaban J connectivity index is 1.89. The van der Waals surface area contributed by atoms with Crippen molar-refractivity contribution < 1.29 is 29.7 Å². The maximum atomic E-state index is 12.9. The summed E-state index contributed by atoms with van der Waals surface area (Å²) in [4.78, 5) is 37.5. The molecule has 0 spiro atoms. The Hall–Kier alpha value is -3.13. The van der Waals surface area contributed by atoms with Gasteiger partial charge in [-0.05, 0) is 48.4 Å². The summed E-state index contributed by atoms with van der Waals surface area (Å²) in [6.07, 6.45) is 10.6. The van der Waals surface area contributed by atoms with Crippen molar-refractivity contribution in [3.8, 4) is 5.75 Å². The van der Waals surface area contributed by atoms with Gasteiger partial charge in [0.2, 0.25) is 5.91 Å². The lowest BCUT2D eigenvalue weighted by Crippen LogP contribution is -2.52. The normalized spacial score (nSPS) is 12.8. The van der Waals surface area contributed by atoms with Gasteiger partial charge in [0.05, 0.1) is 17.2 Å². The molecule has 0 saturated heterocycles. The number of amides is 2. The number of carboxylic acid groups (broad SMARTS) is 1. The van der Waals surface area contributed by atoms with Gasteiger partial charge in [0.15, 0.2) is 0 Å². The van der Waals surface area contributed by atoms with Crippen molar-refractivity contribution >= 4 is 28.6 Å². The van der Waals surface area contributed by atoms with E-state index in [9.17, 15) is 29.7 Å². The lowest BCUT2D eigenvalue weighted by molar-refractivity contribution is -0.125. The van der Waals surface area contributed by atoms with E-state index < -0.39 is 29.9 Å². The van der Waals surface area contributed by atoms with Gasteiger partial charge in [-0.15, -0.1) is 0 Å². The van der Waals surface area contributed by atoms with Crippen LogP contribution in [-0.4, -0.2) is 51.8 Å². The summed E-state index contributed by atoms with van der Waals surface area (Å²) in [7, 11) is 0. The summed E-state index contributed by atoms with van der Waals surface area (Å²) in [5.74, 6) is -2.63. The fourth-order valence-electron chi connectivity index (χ4n) is 4.30. The van der Waals surface area contributed by atoms with Crippen molar-refractivity contribution in [3.63, 3.8) is 0 Å². The van der Waals surface area contributed by atoms with E-state index in [4.69, 9.17) is 0 Å². The maximum absolute atomic E-state index is 12.9. The van der Waals surface area contributed by atoms with Crippen LogP contribution in [0.4, 0.5) is 0 Å². The molecule has 2 atom stereocenters. The zero-order chi connectivity index (χ0) is 26.5. The number of phenolic OH excluding ortho intramolecular Hbond substituents is 1. The number of phenols is 1. The van der Waals surface area contributed by atoms with Crippen LogP contribution in [0.2, 0.25) is 0 Å². The maximum Gasteiger partial charge on any atom is 0.337 e. The van der Waals surface area contributed by atoms with Crippen LogP contribution in [0.1, 0.15) is 98.8 Å². The lowest BCUT2D eigenvalue weighted by atomic mass is 9.97. The van der Waals surface area contributed by atoms with E-state index in [2.05, 4.69) is 17.6 Å². The van der Waals surface area contributed by atoms with Gasteiger partial charge in [-0.25, -0.2) is 4.79 Å². The minimum atomic E-state index is -1.31. The number of hydrogen-bond acceptors (Lipinski definition) is 5. The minimum absolute atomic E-state index is 0.0238. The molecule has 0 radical (unpaired) electrons. The fraction of sp³-hybridized carbons (Fsp3) is 0.536. The molecule has 0 heterocycles.